The van der Waals surface area contributed by atoms with Crippen LogP contribution in [0.3, 0.4) is 0 Å². The number of amides is 1. The van der Waals surface area contributed by atoms with Gasteiger partial charge in [-0.05, 0) is 25.7 Å². The maximum absolute atomic E-state index is 12.5. The quantitative estimate of drug-likeness (QED) is 0.0417. The van der Waals surface area contributed by atoms with Crippen molar-refractivity contribution >= 4 is 11.9 Å². The van der Waals surface area contributed by atoms with Crippen LogP contribution in [-0.2, 0) is 14.3 Å². The molecule has 3 N–H and O–H groups in total. The second-order valence-electron chi connectivity index (χ2n) is 22.1. The highest BCUT2D eigenvalue weighted by atomic mass is 16.5. The minimum atomic E-state index is -0.670. The molecule has 0 aromatic carbocycles. The van der Waals surface area contributed by atoms with Gasteiger partial charge in [-0.15, -0.1) is 0 Å². The molecule has 0 bridgehead atoms. The van der Waals surface area contributed by atoms with Gasteiger partial charge in [-0.3, -0.25) is 9.59 Å². The van der Waals surface area contributed by atoms with Crippen molar-refractivity contribution in [3.8, 4) is 0 Å². The molecule has 0 aliphatic carbocycles. The average molecular weight is 977 g/mol. The highest BCUT2D eigenvalue weighted by Crippen LogP contribution is 2.19. The summed E-state index contributed by atoms with van der Waals surface area (Å²) in [7, 11) is 0. The Bertz CT molecular complexity index is 990. The molecule has 0 aliphatic heterocycles. The van der Waals surface area contributed by atoms with Crippen molar-refractivity contribution in [3.63, 3.8) is 0 Å². The molecule has 1 amide bonds. The topological polar surface area (TPSA) is 95.9 Å². The third-order valence-corrected chi connectivity index (χ3v) is 15.2. The first kappa shape index (κ1) is 67.9. The van der Waals surface area contributed by atoms with Crippen LogP contribution in [0.2, 0.25) is 0 Å². The predicted octanol–water partition coefficient (Wildman–Crippen LogP) is 19.9. The van der Waals surface area contributed by atoms with Crippen molar-refractivity contribution in [2.75, 3.05) is 13.2 Å². The number of unbranched alkanes of at least 4 members (excludes halogenated alkanes) is 49. The van der Waals surface area contributed by atoms with Crippen molar-refractivity contribution in [3.05, 3.63) is 0 Å². The number of hydrogen-bond acceptors (Lipinski definition) is 5. The molecule has 0 spiro atoms. The van der Waals surface area contributed by atoms with Crippen LogP contribution in [0.1, 0.15) is 367 Å². The van der Waals surface area contributed by atoms with Crippen LogP contribution in [0.4, 0.5) is 0 Å². The van der Waals surface area contributed by atoms with E-state index in [-0.39, 0.29) is 18.5 Å². The molecular formula is C63H125NO5. The molecule has 0 aromatic heterocycles. The van der Waals surface area contributed by atoms with Crippen molar-refractivity contribution < 1.29 is 24.5 Å². The first-order valence-electron chi connectivity index (χ1n) is 31.8. The number of aliphatic hydroxyl groups excluding tert-OH is 2. The summed E-state index contributed by atoms with van der Waals surface area (Å²) in [4.78, 5) is 24.6. The molecule has 0 heterocycles. The monoisotopic (exact) mass is 976 g/mol. The van der Waals surface area contributed by atoms with Gasteiger partial charge in [0.15, 0.2) is 0 Å². The Morgan fingerprint density at radius 3 is 0.884 bits per heavy atom. The summed E-state index contributed by atoms with van der Waals surface area (Å²) in [5, 5.41) is 23.4. The van der Waals surface area contributed by atoms with Gasteiger partial charge < -0.3 is 20.3 Å². The minimum Gasteiger partial charge on any atom is -0.466 e. The standard InChI is InChI=1S/C63H125NO5/c1-3-5-7-9-11-13-15-17-18-19-20-21-22-23-24-25-26-28-32-35-39-43-47-51-55-61(66)60(59-65)64-62(67)56-52-48-44-40-36-33-29-27-30-34-38-42-46-50-54-58-69-63(68)57-53-49-45-41-37-31-16-14-12-10-8-6-4-2/h60-61,65-66H,3-59H2,1-2H3,(H,64,67). The Hall–Kier alpha value is -1.14. The fourth-order valence-electron chi connectivity index (χ4n) is 10.3. The molecule has 6 heteroatoms. The average Bonchev–Trinajstić information content (AvgIpc) is 3.35. The van der Waals surface area contributed by atoms with Gasteiger partial charge in [0.05, 0.1) is 25.4 Å². The smallest absolute Gasteiger partial charge is 0.305 e. The van der Waals surface area contributed by atoms with Crippen LogP contribution >= 0.6 is 0 Å². The lowest BCUT2D eigenvalue weighted by Crippen LogP contribution is -2.45. The lowest BCUT2D eigenvalue weighted by Gasteiger charge is -2.22. The summed E-state index contributed by atoms with van der Waals surface area (Å²) < 4.78 is 5.48. The van der Waals surface area contributed by atoms with Crippen LogP contribution in [0.15, 0.2) is 0 Å². The molecule has 69 heavy (non-hydrogen) atoms. The van der Waals surface area contributed by atoms with Gasteiger partial charge in [0.2, 0.25) is 5.91 Å². The van der Waals surface area contributed by atoms with Crippen molar-refractivity contribution in [2.45, 2.75) is 379 Å². The molecule has 0 radical (unpaired) electrons. The second kappa shape index (κ2) is 59.4. The fourth-order valence-corrected chi connectivity index (χ4v) is 10.3. The van der Waals surface area contributed by atoms with E-state index in [9.17, 15) is 19.8 Å². The third kappa shape index (κ3) is 56.0. The first-order chi connectivity index (χ1) is 34.0. The summed E-state index contributed by atoms with van der Waals surface area (Å²) in [6, 6.07) is -0.548. The van der Waals surface area contributed by atoms with E-state index < -0.39 is 12.1 Å². The summed E-state index contributed by atoms with van der Waals surface area (Å²) in [6.45, 7) is 4.97. The maximum Gasteiger partial charge on any atom is 0.305 e. The molecule has 0 rings (SSSR count). The van der Waals surface area contributed by atoms with E-state index >= 15 is 0 Å². The summed E-state index contributed by atoms with van der Waals surface area (Å²) in [6.07, 6.45) is 69.7. The lowest BCUT2D eigenvalue weighted by molar-refractivity contribution is -0.143. The first-order valence-corrected chi connectivity index (χ1v) is 31.8. The zero-order valence-corrected chi connectivity index (χ0v) is 47.1. The van der Waals surface area contributed by atoms with E-state index in [1.54, 1.807) is 0 Å². The highest BCUT2D eigenvalue weighted by Gasteiger charge is 2.20. The van der Waals surface area contributed by atoms with Gasteiger partial charge in [-0.2, -0.15) is 0 Å². The number of carbonyl (C=O) groups is 2. The van der Waals surface area contributed by atoms with Crippen molar-refractivity contribution in [2.24, 2.45) is 0 Å². The van der Waals surface area contributed by atoms with Crippen LogP contribution in [0.25, 0.3) is 0 Å². The Morgan fingerprint density at radius 2 is 0.594 bits per heavy atom. The van der Waals surface area contributed by atoms with Gasteiger partial charge in [-0.25, -0.2) is 0 Å². The normalized spacial score (nSPS) is 12.5. The van der Waals surface area contributed by atoms with Gasteiger partial charge in [0, 0.05) is 12.8 Å². The second-order valence-corrected chi connectivity index (χ2v) is 22.1. The molecular weight excluding hydrogens is 851 g/mol. The van der Waals surface area contributed by atoms with E-state index in [1.807, 2.05) is 0 Å². The number of hydrogen-bond donors (Lipinski definition) is 3. The lowest BCUT2D eigenvalue weighted by atomic mass is 10.0. The van der Waals surface area contributed by atoms with Crippen molar-refractivity contribution in [1.29, 1.82) is 0 Å². The Kier molecular flexibility index (Phi) is 58.4. The van der Waals surface area contributed by atoms with Crippen molar-refractivity contribution in [1.82, 2.24) is 5.32 Å². The van der Waals surface area contributed by atoms with E-state index in [1.165, 1.54) is 289 Å². The zero-order chi connectivity index (χ0) is 50.0. The molecule has 2 atom stereocenters. The number of carbonyl (C=O) groups excluding carboxylic acids is 2. The van der Waals surface area contributed by atoms with E-state index in [2.05, 4.69) is 19.2 Å². The number of ether oxygens (including phenoxy) is 1. The van der Waals surface area contributed by atoms with E-state index in [0.29, 0.717) is 25.9 Å². The molecule has 0 saturated heterocycles. The Morgan fingerprint density at radius 1 is 0.348 bits per heavy atom. The molecule has 6 nitrogen and oxygen atoms in total. The number of nitrogens with one attached hydrogen (secondary N) is 1. The van der Waals surface area contributed by atoms with Gasteiger partial charge in [-0.1, -0.05) is 328 Å². The zero-order valence-electron chi connectivity index (χ0n) is 47.1. The van der Waals surface area contributed by atoms with Gasteiger partial charge in [0.25, 0.3) is 0 Å². The summed E-state index contributed by atoms with van der Waals surface area (Å²) in [5.41, 5.74) is 0. The largest absolute Gasteiger partial charge is 0.466 e. The minimum absolute atomic E-state index is 0.00384. The third-order valence-electron chi connectivity index (χ3n) is 15.2. The number of rotatable bonds is 60. The Labute approximate surface area is 432 Å². The maximum atomic E-state index is 12.5. The number of aliphatic hydroxyl groups is 2. The van der Waals surface area contributed by atoms with Crippen LogP contribution in [0.5, 0.6) is 0 Å². The SMILES string of the molecule is CCCCCCCCCCCCCCCCCCCCCCCCCCC(O)C(CO)NC(=O)CCCCCCCCCCCCCCCCCOC(=O)CCCCCCCCCCCCCCC. The number of esters is 1. The molecule has 0 aromatic rings. The van der Waals surface area contributed by atoms with E-state index in [4.69, 9.17) is 4.74 Å². The van der Waals surface area contributed by atoms with Crippen LogP contribution in [0, 0.1) is 0 Å². The highest BCUT2D eigenvalue weighted by molar-refractivity contribution is 5.76. The summed E-state index contributed by atoms with van der Waals surface area (Å²) in [5.74, 6) is -0.0343. The summed E-state index contributed by atoms with van der Waals surface area (Å²) >= 11 is 0. The van der Waals surface area contributed by atoms with E-state index in [0.717, 1.165) is 44.9 Å². The molecule has 0 fully saturated rings. The molecule has 0 saturated carbocycles. The molecule has 2 unspecified atom stereocenters. The van der Waals surface area contributed by atoms with Crippen LogP contribution < -0.4 is 5.32 Å². The fraction of sp³-hybridized carbons (Fsp3) is 0.968. The van der Waals surface area contributed by atoms with Gasteiger partial charge >= 0.3 is 5.97 Å². The predicted molar refractivity (Wildman–Crippen MR) is 301 cm³/mol. The van der Waals surface area contributed by atoms with Crippen LogP contribution in [-0.4, -0.2) is 47.4 Å². The Balaban J connectivity index is 3.41. The molecule has 0 aliphatic rings. The van der Waals surface area contributed by atoms with Gasteiger partial charge in [0.1, 0.15) is 0 Å². The molecule has 412 valence electrons.